The lowest BCUT2D eigenvalue weighted by atomic mass is 10.1. The Balaban J connectivity index is 1.78. The average Bonchev–Trinajstić information content (AvgIpc) is 3.11. The van der Waals surface area contributed by atoms with Crippen molar-refractivity contribution in [2.75, 3.05) is 6.61 Å². The van der Waals surface area contributed by atoms with E-state index in [2.05, 4.69) is 4.98 Å². The maximum Gasteiger partial charge on any atom is 0.335 e. The number of benzene rings is 1. The van der Waals surface area contributed by atoms with Gasteiger partial charge in [-0.05, 0) is 25.0 Å². The molecule has 1 aliphatic rings. The molecule has 0 aliphatic carbocycles. The van der Waals surface area contributed by atoms with E-state index in [0.717, 1.165) is 42.1 Å². The van der Waals surface area contributed by atoms with Gasteiger partial charge in [0.15, 0.2) is 0 Å². The second-order valence-corrected chi connectivity index (χ2v) is 5.79. The van der Waals surface area contributed by atoms with Crippen molar-refractivity contribution >= 4 is 17.3 Å². The molecule has 0 bridgehead atoms. The van der Waals surface area contributed by atoms with Crippen LogP contribution in [0.1, 0.15) is 28.2 Å². The molecule has 1 atom stereocenters. The number of rotatable bonds is 4. The predicted molar refractivity (Wildman–Crippen MR) is 77.2 cm³/mol. The first-order chi connectivity index (χ1) is 9.72. The Labute approximate surface area is 121 Å². The van der Waals surface area contributed by atoms with Crippen molar-refractivity contribution in [3.05, 3.63) is 40.2 Å². The number of ether oxygens (including phenoxy) is 1. The van der Waals surface area contributed by atoms with E-state index in [9.17, 15) is 4.79 Å². The molecule has 0 spiro atoms. The molecule has 1 N–H and O–H groups in total. The van der Waals surface area contributed by atoms with Crippen LogP contribution in [0.3, 0.4) is 0 Å². The van der Waals surface area contributed by atoms with Crippen LogP contribution in [0.4, 0.5) is 0 Å². The van der Waals surface area contributed by atoms with Gasteiger partial charge in [0.1, 0.15) is 0 Å². The average molecular weight is 289 g/mol. The number of carboxylic acid groups (broad SMARTS) is 1. The summed E-state index contributed by atoms with van der Waals surface area (Å²) in [5.41, 5.74) is 1.97. The van der Waals surface area contributed by atoms with Crippen molar-refractivity contribution < 1.29 is 14.6 Å². The Kier molecular flexibility index (Phi) is 3.80. The van der Waals surface area contributed by atoms with Crippen LogP contribution in [-0.4, -0.2) is 28.8 Å². The minimum atomic E-state index is -0.915. The largest absolute Gasteiger partial charge is 0.478 e. The van der Waals surface area contributed by atoms with Crippen LogP contribution in [-0.2, 0) is 11.2 Å². The molecule has 1 saturated heterocycles. The van der Waals surface area contributed by atoms with E-state index < -0.39 is 5.97 Å². The Morgan fingerprint density at radius 2 is 2.40 bits per heavy atom. The van der Waals surface area contributed by atoms with Crippen molar-refractivity contribution in [3.63, 3.8) is 0 Å². The summed E-state index contributed by atoms with van der Waals surface area (Å²) in [4.78, 5) is 15.6. The van der Waals surface area contributed by atoms with Gasteiger partial charge >= 0.3 is 5.97 Å². The summed E-state index contributed by atoms with van der Waals surface area (Å²) in [6.45, 7) is 0.851. The fraction of sp³-hybridized carbons (Fsp3) is 0.333. The lowest BCUT2D eigenvalue weighted by Gasteiger charge is -2.05. The molecule has 1 unspecified atom stereocenters. The van der Waals surface area contributed by atoms with Gasteiger partial charge in [-0.15, -0.1) is 11.3 Å². The number of nitrogens with zero attached hydrogens (tertiary/aromatic N) is 1. The van der Waals surface area contributed by atoms with Gasteiger partial charge in [-0.2, -0.15) is 0 Å². The first-order valence-corrected chi connectivity index (χ1v) is 7.50. The number of carboxylic acids is 1. The Morgan fingerprint density at radius 3 is 3.15 bits per heavy atom. The molecule has 2 heterocycles. The number of hydrogen-bond donors (Lipinski definition) is 1. The summed E-state index contributed by atoms with van der Waals surface area (Å²) in [5, 5.41) is 12.0. The Morgan fingerprint density at radius 1 is 1.50 bits per heavy atom. The smallest absolute Gasteiger partial charge is 0.335 e. The molecule has 104 valence electrons. The van der Waals surface area contributed by atoms with E-state index in [4.69, 9.17) is 9.84 Å². The van der Waals surface area contributed by atoms with Crippen LogP contribution >= 0.6 is 11.3 Å². The second kappa shape index (κ2) is 5.73. The number of hydrogen-bond acceptors (Lipinski definition) is 4. The van der Waals surface area contributed by atoms with E-state index in [1.54, 1.807) is 29.5 Å². The van der Waals surface area contributed by atoms with Gasteiger partial charge in [0, 0.05) is 24.0 Å². The highest BCUT2D eigenvalue weighted by Gasteiger charge is 2.18. The summed E-state index contributed by atoms with van der Waals surface area (Å²) in [6.07, 6.45) is 3.37. The molecule has 2 aromatic rings. The highest BCUT2D eigenvalue weighted by Crippen LogP contribution is 2.25. The Bertz CT molecular complexity index is 617. The monoisotopic (exact) mass is 289 g/mol. The minimum Gasteiger partial charge on any atom is -0.478 e. The van der Waals surface area contributed by atoms with Gasteiger partial charge < -0.3 is 9.84 Å². The van der Waals surface area contributed by atoms with Crippen molar-refractivity contribution in [1.29, 1.82) is 0 Å². The van der Waals surface area contributed by atoms with E-state index in [1.165, 1.54) is 0 Å². The fourth-order valence-corrected chi connectivity index (χ4v) is 3.22. The highest BCUT2D eigenvalue weighted by atomic mass is 32.1. The molecular formula is C15H15NO3S. The number of aromatic nitrogens is 1. The van der Waals surface area contributed by atoms with Gasteiger partial charge in [0.05, 0.1) is 22.4 Å². The van der Waals surface area contributed by atoms with Gasteiger partial charge in [-0.3, -0.25) is 0 Å². The normalized spacial score (nSPS) is 18.3. The van der Waals surface area contributed by atoms with Gasteiger partial charge in [0.25, 0.3) is 0 Å². The van der Waals surface area contributed by atoms with Gasteiger partial charge in [0.2, 0.25) is 0 Å². The SMILES string of the molecule is O=C(O)c1cccc(-c2csc(CC3CCCO3)n2)c1. The summed E-state index contributed by atoms with van der Waals surface area (Å²) in [7, 11) is 0. The van der Waals surface area contributed by atoms with Crippen LogP contribution < -0.4 is 0 Å². The first kappa shape index (κ1) is 13.3. The maximum absolute atomic E-state index is 11.0. The minimum absolute atomic E-state index is 0.288. The zero-order valence-electron chi connectivity index (χ0n) is 10.9. The van der Waals surface area contributed by atoms with Gasteiger partial charge in [-0.1, -0.05) is 12.1 Å². The van der Waals surface area contributed by atoms with E-state index in [-0.39, 0.29) is 5.56 Å². The first-order valence-electron chi connectivity index (χ1n) is 6.62. The van der Waals surface area contributed by atoms with Crippen LogP contribution in [0.5, 0.6) is 0 Å². The van der Waals surface area contributed by atoms with Crippen LogP contribution in [0.25, 0.3) is 11.3 Å². The third kappa shape index (κ3) is 2.89. The number of aromatic carboxylic acids is 1. The molecule has 3 rings (SSSR count). The predicted octanol–water partition coefficient (Wildman–Crippen LogP) is 3.23. The maximum atomic E-state index is 11.0. The number of carbonyl (C=O) groups is 1. The molecule has 0 radical (unpaired) electrons. The fourth-order valence-electron chi connectivity index (χ4n) is 2.35. The summed E-state index contributed by atoms with van der Waals surface area (Å²) >= 11 is 1.61. The topological polar surface area (TPSA) is 59.4 Å². The van der Waals surface area contributed by atoms with Crippen LogP contribution in [0.2, 0.25) is 0 Å². The van der Waals surface area contributed by atoms with E-state index >= 15 is 0 Å². The summed E-state index contributed by atoms with van der Waals surface area (Å²) < 4.78 is 5.61. The lowest BCUT2D eigenvalue weighted by molar-refractivity contribution is 0.0697. The number of thiazole rings is 1. The third-order valence-electron chi connectivity index (χ3n) is 3.38. The molecule has 1 aromatic carbocycles. The molecule has 1 aromatic heterocycles. The van der Waals surface area contributed by atoms with Gasteiger partial charge in [-0.25, -0.2) is 9.78 Å². The van der Waals surface area contributed by atoms with Crippen LogP contribution in [0, 0.1) is 0 Å². The zero-order valence-corrected chi connectivity index (χ0v) is 11.7. The van der Waals surface area contributed by atoms with Crippen molar-refractivity contribution in [2.24, 2.45) is 0 Å². The molecule has 1 aliphatic heterocycles. The zero-order chi connectivity index (χ0) is 13.9. The summed E-state index contributed by atoms with van der Waals surface area (Å²) in [5.74, 6) is -0.915. The van der Waals surface area contributed by atoms with E-state index in [1.807, 2.05) is 11.4 Å². The van der Waals surface area contributed by atoms with Crippen LogP contribution in [0.15, 0.2) is 29.6 Å². The molecule has 0 amide bonds. The third-order valence-corrected chi connectivity index (χ3v) is 4.25. The molecule has 0 saturated carbocycles. The van der Waals surface area contributed by atoms with E-state index in [0.29, 0.717) is 6.10 Å². The molecule has 5 heteroatoms. The second-order valence-electron chi connectivity index (χ2n) is 4.85. The van der Waals surface area contributed by atoms with Crippen molar-refractivity contribution in [2.45, 2.75) is 25.4 Å². The Hall–Kier alpha value is -1.72. The molecular weight excluding hydrogens is 274 g/mol. The summed E-state index contributed by atoms with van der Waals surface area (Å²) in [6, 6.07) is 6.88. The lowest BCUT2D eigenvalue weighted by Crippen LogP contribution is -2.08. The molecule has 1 fully saturated rings. The highest BCUT2D eigenvalue weighted by molar-refractivity contribution is 7.09. The van der Waals surface area contributed by atoms with Crippen molar-refractivity contribution in [3.8, 4) is 11.3 Å². The molecule has 20 heavy (non-hydrogen) atoms. The van der Waals surface area contributed by atoms with Crippen molar-refractivity contribution in [1.82, 2.24) is 4.98 Å². The molecule has 4 nitrogen and oxygen atoms in total. The quantitative estimate of drug-likeness (QED) is 0.938. The standard InChI is InChI=1S/C15H15NO3S/c17-15(18)11-4-1-3-10(7-11)13-9-20-14(16-13)8-12-5-2-6-19-12/h1,3-4,7,9,12H,2,5-6,8H2,(H,17,18).